The minimum atomic E-state index is -0.799. The van der Waals surface area contributed by atoms with Crippen LogP contribution in [0.3, 0.4) is 0 Å². The molecule has 1 atom stereocenters. The standard InChI is InChI=1S/C15H16N2O6/c18-15(23-14-6-4-2-1-3-5-7-14)11-8-12(16(19)20)10-13(9-11)17(21)22/h4,6,8-10,14H,1-3,5,7H2/b6-4+. The molecular weight excluding hydrogens is 304 g/mol. The Bertz CT molecular complexity index is 623. The molecule has 1 unspecified atom stereocenters. The maximum absolute atomic E-state index is 12.2. The number of carbonyl (C=O) groups excluding carboxylic acids is 1. The molecular formula is C15H16N2O6. The smallest absolute Gasteiger partial charge is 0.339 e. The number of carbonyl (C=O) groups is 1. The predicted octanol–water partition coefficient (Wildman–Crippen LogP) is 3.55. The molecule has 0 fully saturated rings. The molecule has 0 amide bonds. The number of ether oxygens (including phenoxy) is 1. The minimum Gasteiger partial charge on any atom is -0.455 e. The summed E-state index contributed by atoms with van der Waals surface area (Å²) < 4.78 is 5.31. The maximum Gasteiger partial charge on any atom is 0.339 e. The van der Waals surface area contributed by atoms with Crippen molar-refractivity contribution in [1.82, 2.24) is 0 Å². The number of nitro groups is 2. The zero-order valence-corrected chi connectivity index (χ0v) is 12.3. The summed E-state index contributed by atoms with van der Waals surface area (Å²) in [4.78, 5) is 32.3. The number of allylic oxidation sites excluding steroid dienone is 1. The molecule has 0 aromatic heterocycles. The molecule has 2 rings (SSSR count). The van der Waals surface area contributed by atoms with E-state index in [9.17, 15) is 25.0 Å². The van der Waals surface area contributed by atoms with E-state index in [4.69, 9.17) is 4.74 Å². The Morgan fingerprint density at radius 1 is 1.04 bits per heavy atom. The Balaban J connectivity index is 2.22. The molecule has 1 aromatic rings. The van der Waals surface area contributed by atoms with Crippen LogP contribution in [0, 0.1) is 20.2 Å². The molecule has 0 spiro atoms. The van der Waals surface area contributed by atoms with E-state index in [1.807, 2.05) is 6.08 Å². The summed E-state index contributed by atoms with van der Waals surface area (Å²) in [6.07, 6.45) is 7.94. The second-order valence-corrected chi connectivity index (χ2v) is 5.26. The highest BCUT2D eigenvalue weighted by Crippen LogP contribution is 2.24. The van der Waals surface area contributed by atoms with E-state index in [0.29, 0.717) is 6.42 Å². The van der Waals surface area contributed by atoms with Gasteiger partial charge in [-0.3, -0.25) is 20.2 Å². The summed E-state index contributed by atoms with van der Waals surface area (Å²) in [6.45, 7) is 0. The van der Waals surface area contributed by atoms with Gasteiger partial charge in [0.05, 0.1) is 21.5 Å². The summed E-state index contributed by atoms with van der Waals surface area (Å²) in [7, 11) is 0. The second kappa shape index (κ2) is 7.48. The third kappa shape index (κ3) is 4.60. The van der Waals surface area contributed by atoms with Crippen molar-refractivity contribution < 1.29 is 19.4 Å². The highest BCUT2D eigenvalue weighted by Gasteiger charge is 2.22. The topological polar surface area (TPSA) is 113 Å². The van der Waals surface area contributed by atoms with E-state index in [-0.39, 0.29) is 5.56 Å². The molecule has 0 saturated heterocycles. The van der Waals surface area contributed by atoms with Gasteiger partial charge in [-0.2, -0.15) is 0 Å². The van der Waals surface area contributed by atoms with Crippen LogP contribution in [0.25, 0.3) is 0 Å². The molecule has 0 saturated carbocycles. The van der Waals surface area contributed by atoms with Gasteiger partial charge in [-0.05, 0) is 31.8 Å². The maximum atomic E-state index is 12.2. The first-order valence-electron chi connectivity index (χ1n) is 7.29. The van der Waals surface area contributed by atoms with Gasteiger partial charge in [0, 0.05) is 12.1 Å². The average molecular weight is 320 g/mol. The van der Waals surface area contributed by atoms with E-state index >= 15 is 0 Å². The fourth-order valence-corrected chi connectivity index (χ4v) is 2.36. The largest absolute Gasteiger partial charge is 0.455 e. The van der Waals surface area contributed by atoms with Gasteiger partial charge >= 0.3 is 5.97 Å². The Morgan fingerprint density at radius 2 is 1.70 bits per heavy atom. The number of non-ortho nitro benzene ring substituents is 2. The molecule has 8 heteroatoms. The van der Waals surface area contributed by atoms with Crippen molar-refractivity contribution >= 4 is 17.3 Å². The lowest BCUT2D eigenvalue weighted by Gasteiger charge is -2.16. The molecule has 1 aromatic carbocycles. The summed E-state index contributed by atoms with van der Waals surface area (Å²) in [6, 6.07) is 2.79. The number of hydrogen-bond donors (Lipinski definition) is 0. The van der Waals surface area contributed by atoms with Crippen molar-refractivity contribution in [3.63, 3.8) is 0 Å². The number of rotatable bonds is 4. The molecule has 0 bridgehead atoms. The second-order valence-electron chi connectivity index (χ2n) is 5.26. The van der Waals surface area contributed by atoms with Crippen LogP contribution in [0.1, 0.15) is 42.5 Å². The Labute approximate surface area is 132 Å². The van der Waals surface area contributed by atoms with Gasteiger partial charge in [0.1, 0.15) is 6.10 Å². The van der Waals surface area contributed by atoms with Crippen LogP contribution in [0.4, 0.5) is 11.4 Å². The lowest BCUT2D eigenvalue weighted by Crippen LogP contribution is -2.17. The van der Waals surface area contributed by atoms with Crippen molar-refractivity contribution in [2.45, 2.75) is 38.2 Å². The third-order valence-electron chi connectivity index (χ3n) is 3.53. The van der Waals surface area contributed by atoms with Crippen LogP contribution in [0.5, 0.6) is 0 Å². The lowest BCUT2D eigenvalue weighted by molar-refractivity contribution is -0.394. The van der Waals surface area contributed by atoms with Gasteiger partial charge in [-0.25, -0.2) is 4.79 Å². The van der Waals surface area contributed by atoms with E-state index in [1.165, 1.54) is 0 Å². The van der Waals surface area contributed by atoms with Gasteiger partial charge in [0.15, 0.2) is 0 Å². The number of hydrogen-bond acceptors (Lipinski definition) is 6. The first-order valence-corrected chi connectivity index (χ1v) is 7.29. The van der Waals surface area contributed by atoms with Crippen molar-refractivity contribution in [3.8, 4) is 0 Å². The number of nitro benzene ring substituents is 2. The van der Waals surface area contributed by atoms with Crippen LogP contribution in [0.15, 0.2) is 30.4 Å². The van der Waals surface area contributed by atoms with Gasteiger partial charge in [0.25, 0.3) is 11.4 Å². The van der Waals surface area contributed by atoms with Crippen LogP contribution < -0.4 is 0 Å². The van der Waals surface area contributed by atoms with Crippen molar-refractivity contribution in [2.75, 3.05) is 0 Å². The van der Waals surface area contributed by atoms with Gasteiger partial charge in [-0.1, -0.05) is 12.5 Å². The molecule has 23 heavy (non-hydrogen) atoms. The van der Waals surface area contributed by atoms with Crippen molar-refractivity contribution in [3.05, 3.63) is 56.1 Å². The first kappa shape index (κ1) is 16.6. The van der Waals surface area contributed by atoms with Crippen LogP contribution >= 0.6 is 0 Å². The van der Waals surface area contributed by atoms with Crippen LogP contribution in [-0.4, -0.2) is 21.9 Å². The fraction of sp³-hybridized carbons (Fsp3) is 0.400. The quantitative estimate of drug-likeness (QED) is 0.363. The van der Waals surface area contributed by atoms with Gasteiger partial charge in [0.2, 0.25) is 0 Å². The van der Waals surface area contributed by atoms with Gasteiger partial charge < -0.3 is 4.74 Å². The fourth-order valence-electron chi connectivity index (χ4n) is 2.36. The number of benzene rings is 1. The van der Waals surface area contributed by atoms with E-state index in [0.717, 1.165) is 43.9 Å². The molecule has 1 aliphatic rings. The average Bonchev–Trinajstić information content (AvgIpc) is 2.49. The normalized spacial score (nSPS) is 19.2. The van der Waals surface area contributed by atoms with E-state index in [2.05, 4.69) is 0 Å². The Morgan fingerprint density at radius 3 is 2.30 bits per heavy atom. The zero-order chi connectivity index (χ0) is 16.8. The SMILES string of the molecule is O=C(OC1/C=C/CCCCC1)c1cc([N+](=O)[O-])cc([N+](=O)[O-])c1. The van der Waals surface area contributed by atoms with Crippen molar-refractivity contribution in [1.29, 1.82) is 0 Å². The summed E-state index contributed by atoms with van der Waals surface area (Å²) in [5.74, 6) is -0.799. The third-order valence-corrected chi connectivity index (χ3v) is 3.53. The molecule has 0 radical (unpaired) electrons. The molecule has 8 nitrogen and oxygen atoms in total. The van der Waals surface area contributed by atoms with Crippen LogP contribution in [0.2, 0.25) is 0 Å². The highest BCUT2D eigenvalue weighted by atomic mass is 16.6. The molecule has 122 valence electrons. The Hall–Kier alpha value is -2.77. The number of esters is 1. The van der Waals surface area contributed by atoms with Crippen molar-refractivity contribution in [2.24, 2.45) is 0 Å². The minimum absolute atomic E-state index is 0.193. The summed E-state index contributed by atoms with van der Waals surface area (Å²) >= 11 is 0. The first-order chi connectivity index (χ1) is 11.0. The molecule has 0 aliphatic heterocycles. The molecule has 0 heterocycles. The summed E-state index contributed by atoms with van der Waals surface area (Å²) in [5.41, 5.74) is -1.22. The van der Waals surface area contributed by atoms with Crippen LogP contribution in [-0.2, 0) is 4.74 Å². The van der Waals surface area contributed by atoms with Gasteiger partial charge in [-0.15, -0.1) is 0 Å². The highest BCUT2D eigenvalue weighted by molar-refractivity contribution is 5.91. The van der Waals surface area contributed by atoms with E-state index < -0.39 is 33.3 Å². The van der Waals surface area contributed by atoms with E-state index in [1.54, 1.807) is 6.08 Å². The Kier molecular flexibility index (Phi) is 5.40. The monoisotopic (exact) mass is 320 g/mol. The predicted molar refractivity (Wildman–Crippen MR) is 81.2 cm³/mol. The molecule has 0 N–H and O–H groups in total. The number of nitrogens with zero attached hydrogens (tertiary/aromatic N) is 2. The lowest BCUT2D eigenvalue weighted by atomic mass is 10.0. The molecule has 1 aliphatic carbocycles. The summed E-state index contributed by atoms with van der Waals surface area (Å²) in [5, 5.41) is 21.7. The zero-order valence-electron chi connectivity index (χ0n) is 12.3.